The lowest BCUT2D eigenvalue weighted by Gasteiger charge is -2.16. The number of hydrogen-bond donors (Lipinski definition) is 0. The average Bonchev–Trinajstić information content (AvgIpc) is 2.02. The van der Waals surface area contributed by atoms with Crippen LogP contribution in [0.3, 0.4) is 0 Å². The largest absolute Gasteiger partial charge is 0.453 e. The number of alkyl halides is 9. The molecule has 0 rings (SSSR count). The van der Waals surface area contributed by atoms with Gasteiger partial charge in [-0.15, -0.1) is 0 Å². The van der Waals surface area contributed by atoms with E-state index < -0.39 is 31.4 Å². The second kappa shape index (κ2) is 5.45. The van der Waals surface area contributed by atoms with Gasteiger partial charge < -0.3 is 0 Å². The van der Waals surface area contributed by atoms with Crippen LogP contribution < -0.4 is 0 Å². The third kappa shape index (κ3) is 8.37. The van der Waals surface area contributed by atoms with Crippen molar-refractivity contribution < 1.29 is 39.5 Å². The molecule has 0 aromatic carbocycles. The first-order valence-electron chi connectivity index (χ1n) is 3.44. The maximum atomic E-state index is 11.5. The molecule has 0 amide bonds. The summed E-state index contributed by atoms with van der Waals surface area (Å²) in [6.07, 6.45) is -11.2. The van der Waals surface area contributed by atoms with Crippen molar-refractivity contribution in [2.75, 3.05) is 6.67 Å². The lowest BCUT2D eigenvalue weighted by molar-refractivity contribution is -0.282. The third-order valence-corrected chi connectivity index (χ3v) is 1.01. The van der Waals surface area contributed by atoms with Crippen LogP contribution in [-0.2, 0) is 0 Å². The molecule has 0 bridgehead atoms. The molecule has 0 fully saturated rings. The molecule has 0 aliphatic heterocycles. The van der Waals surface area contributed by atoms with Crippen LogP contribution in [0.15, 0.2) is 0 Å². The second-order valence-electron chi connectivity index (χ2n) is 2.30. The van der Waals surface area contributed by atoms with E-state index in [-0.39, 0.29) is 0 Å². The van der Waals surface area contributed by atoms with Gasteiger partial charge in [-0.2, -0.15) is 35.1 Å². The van der Waals surface area contributed by atoms with Crippen LogP contribution in [0.4, 0.5) is 39.5 Å². The third-order valence-electron chi connectivity index (χ3n) is 1.01. The minimum absolute atomic E-state index is 0.785. The Balaban J connectivity index is 0. The summed E-state index contributed by atoms with van der Waals surface area (Å²) in [6.45, 7) is -1.44. The molecule has 0 aliphatic carbocycles. The van der Waals surface area contributed by atoms with E-state index in [1.807, 2.05) is 0 Å². The molecule has 0 N–H and O–H groups in total. The quantitative estimate of drug-likeness (QED) is 0.614. The van der Waals surface area contributed by atoms with Crippen molar-refractivity contribution >= 4 is 0 Å². The summed E-state index contributed by atoms with van der Waals surface area (Å²) in [5.74, 6) is -4.52. The highest BCUT2D eigenvalue weighted by Crippen LogP contribution is 2.37. The van der Waals surface area contributed by atoms with Crippen molar-refractivity contribution in [3.05, 3.63) is 0 Å². The Morgan fingerprint density at radius 2 is 1.07 bits per heavy atom. The van der Waals surface area contributed by atoms with Crippen LogP contribution in [0.2, 0.25) is 0 Å². The first-order valence-corrected chi connectivity index (χ1v) is 3.44. The van der Waals surface area contributed by atoms with E-state index in [1.165, 1.54) is 0 Å². The predicted octanol–water partition coefficient (Wildman–Crippen LogP) is 4.11. The van der Waals surface area contributed by atoms with E-state index >= 15 is 0 Å². The van der Waals surface area contributed by atoms with Gasteiger partial charge in [-0.3, -0.25) is 0 Å². The molecule has 0 atom stereocenters. The second-order valence-corrected chi connectivity index (χ2v) is 2.30. The van der Waals surface area contributed by atoms with Crippen LogP contribution in [0.1, 0.15) is 13.3 Å². The molecule has 0 unspecified atom stereocenters. The Labute approximate surface area is 79.1 Å². The Bertz CT molecular complexity index is 164. The molecule has 0 aromatic rings. The van der Waals surface area contributed by atoms with E-state index in [0.29, 0.717) is 0 Å². The summed E-state index contributed by atoms with van der Waals surface area (Å²) in [4.78, 5) is 0. The Hall–Kier alpha value is -0.630. The van der Waals surface area contributed by atoms with Crippen LogP contribution in [0.5, 0.6) is 0 Å². The molecular formula is C6H7F9. The first kappa shape index (κ1) is 16.8. The molecule has 0 saturated heterocycles. The zero-order valence-corrected chi connectivity index (χ0v) is 7.32. The Kier molecular flexibility index (Phi) is 6.10. The van der Waals surface area contributed by atoms with Gasteiger partial charge >= 0.3 is 18.3 Å². The summed E-state index contributed by atoms with van der Waals surface area (Å²) in [5.41, 5.74) is 0. The van der Waals surface area contributed by atoms with Crippen LogP contribution in [0, 0.1) is 0 Å². The van der Waals surface area contributed by atoms with Crippen LogP contribution >= 0.6 is 0 Å². The van der Waals surface area contributed by atoms with Gasteiger partial charge in [-0.1, -0.05) is 6.92 Å². The van der Waals surface area contributed by atoms with Gasteiger partial charge in [0.15, 0.2) is 6.67 Å². The Morgan fingerprint density at radius 3 is 1.07 bits per heavy atom. The molecule has 0 radical (unpaired) electrons. The minimum Gasteiger partial charge on any atom is -0.241 e. The summed E-state index contributed by atoms with van der Waals surface area (Å²) in [7, 11) is 0. The van der Waals surface area contributed by atoms with Crippen molar-refractivity contribution in [1.29, 1.82) is 0 Å². The fourth-order valence-corrected chi connectivity index (χ4v) is 0.200. The van der Waals surface area contributed by atoms with Crippen molar-refractivity contribution in [2.45, 2.75) is 31.6 Å². The monoisotopic (exact) mass is 250 g/mol. The van der Waals surface area contributed by atoms with Crippen molar-refractivity contribution in [2.24, 2.45) is 0 Å². The number of hydrogen-bond acceptors (Lipinski definition) is 0. The molecule has 0 spiro atoms. The number of rotatable bonds is 1. The smallest absolute Gasteiger partial charge is 0.241 e. The predicted molar refractivity (Wildman–Crippen MR) is 33.3 cm³/mol. The number of halogens is 9. The maximum Gasteiger partial charge on any atom is 0.453 e. The molecule has 9 heteroatoms. The van der Waals surface area contributed by atoms with Gasteiger partial charge in [0.25, 0.3) is 0 Å². The van der Waals surface area contributed by atoms with Gasteiger partial charge in [0, 0.05) is 6.42 Å². The van der Waals surface area contributed by atoms with Crippen molar-refractivity contribution in [3.8, 4) is 0 Å². The summed E-state index contributed by atoms with van der Waals surface area (Å²) in [6, 6.07) is 0. The van der Waals surface area contributed by atoms with E-state index in [9.17, 15) is 39.5 Å². The molecular weight excluding hydrogens is 243 g/mol. The van der Waals surface area contributed by atoms with E-state index in [2.05, 4.69) is 0 Å². The van der Waals surface area contributed by atoms with Gasteiger partial charge in [0.2, 0.25) is 0 Å². The van der Waals surface area contributed by atoms with Crippen LogP contribution in [-0.4, -0.2) is 24.9 Å². The van der Waals surface area contributed by atoms with Gasteiger partial charge in [-0.25, -0.2) is 4.39 Å². The normalized spacial score (nSPS) is 13.2. The minimum atomic E-state index is -5.39. The first-order chi connectivity index (χ1) is 6.37. The highest BCUT2D eigenvalue weighted by Gasteiger charge is 2.55. The molecule has 15 heavy (non-hydrogen) atoms. The Morgan fingerprint density at radius 1 is 0.800 bits per heavy atom. The van der Waals surface area contributed by atoms with E-state index in [1.54, 1.807) is 0 Å². The topological polar surface area (TPSA) is 0 Å². The zero-order valence-electron chi connectivity index (χ0n) is 7.32. The molecule has 0 aliphatic rings. The summed E-state index contributed by atoms with van der Waals surface area (Å²) >= 11 is 0. The van der Waals surface area contributed by atoms with Gasteiger partial charge in [0.05, 0.1) is 0 Å². The standard InChI is InChI=1S/C4H5F5.C2H2F4/c1-2-3(5,6)4(7,8)9;3-1-2(4,5)6/h2H2,1H3;1H2. The van der Waals surface area contributed by atoms with Crippen LogP contribution in [0.25, 0.3) is 0 Å². The average molecular weight is 250 g/mol. The molecule has 94 valence electrons. The molecule has 0 heterocycles. The van der Waals surface area contributed by atoms with Crippen molar-refractivity contribution in [3.63, 3.8) is 0 Å². The van der Waals surface area contributed by atoms with Crippen molar-refractivity contribution in [1.82, 2.24) is 0 Å². The van der Waals surface area contributed by atoms with E-state index in [4.69, 9.17) is 0 Å². The summed E-state index contributed by atoms with van der Waals surface area (Å²) < 4.78 is 97.9. The molecule has 0 aromatic heterocycles. The molecule has 0 nitrogen and oxygen atoms in total. The summed E-state index contributed by atoms with van der Waals surface area (Å²) in [5, 5.41) is 0. The lowest BCUT2D eigenvalue weighted by atomic mass is 10.2. The maximum absolute atomic E-state index is 11.5. The van der Waals surface area contributed by atoms with E-state index in [0.717, 1.165) is 6.92 Å². The highest BCUT2D eigenvalue weighted by molar-refractivity contribution is 4.72. The molecule has 0 saturated carbocycles. The lowest BCUT2D eigenvalue weighted by Crippen LogP contribution is -2.35. The SMILES string of the molecule is CCC(F)(F)C(F)(F)F.FCC(F)(F)F. The fourth-order valence-electron chi connectivity index (χ4n) is 0.200. The van der Waals surface area contributed by atoms with Gasteiger partial charge in [-0.05, 0) is 0 Å². The van der Waals surface area contributed by atoms with Gasteiger partial charge in [0.1, 0.15) is 0 Å². The fraction of sp³-hybridized carbons (Fsp3) is 1.00. The zero-order chi connectivity index (χ0) is 12.9. The highest BCUT2D eigenvalue weighted by atomic mass is 19.4.